The second kappa shape index (κ2) is 5.08. The molecule has 0 spiro atoms. The highest BCUT2D eigenvalue weighted by Crippen LogP contribution is 2.30. The maximum absolute atomic E-state index is 5.99. The summed E-state index contributed by atoms with van der Waals surface area (Å²) in [4.78, 5) is 4.45. The number of benzene rings is 1. The summed E-state index contributed by atoms with van der Waals surface area (Å²) in [5.74, 6) is 0.619. The van der Waals surface area contributed by atoms with Crippen LogP contribution in [-0.4, -0.2) is 11.5 Å². The topological polar surface area (TPSA) is 50.9 Å². The number of hydrogen-bond acceptors (Lipinski definition) is 3. The fourth-order valence-corrected chi connectivity index (χ4v) is 1.86. The van der Waals surface area contributed by atoms with Gasteiger partial charge in [-0.25, -0.2) is 0 Å². The Hall–Kier alpha value is -1.77. The molecule has 0 unspecified atom stereocenters. The molecule has 1 aromatic carbocycles. The zero-order chi connectivity index (χ0) is 14.0. The molecule has 102 valence electrons. The molecule has 0 bridgehead atoms. The van der Waals surface area contributed by atoms with Crippen LogP contribution in [0.3, 0.4) is 0 Å². The van der Waals surface area contributed by atoms with E-state index >= 15 is 0 Å². The average molecular weight is 257 g/mol. The van der Waals surface area contributed by atoms with Crippen molar-refractivity contribution in [3.8, 4) is 0 Å². The Bertz CT molecular complexity index is 573. The molecule has 3 N–H and O–H groups in total. The van der Waals surface area contributed by atoms with E-state index in [9.17, 15) is 0 Å². The van der Waals surface area contributed by atoms with E-state index in [4.69, 9.17) is 5.73 Å². The smallest absolute Gasteiger partial charge is 0.0953 e. The van der Waals surface area contributed by atoms with Gasteiger partial charge in [-0.15, -0.1) is 0 Å². The van der Waals surface area contributed by atoms with E-state index in [1.54, 1.807) is 6.20 Å². The van der Waals surface area contributed by atoms with E-state index < -0.39 is 0 Å². The molecule has 0 radical (unpaired) electrons. The van der Waals surface area contributed by atoms with Crippen LogP contribution in [-0.2, 0) is 0 Å². The molecule has 2 aromatic rings. The van der Waals surface area contributed by atoms with Gasteiger partial charge in [0.2, 0.25) is 0 Å². The van der Waals surface area contributed by atoms with Crippen molar-refractivity contribution in [2.24, 2.45) is 11.3 Å². The van der Waals surface area contributed by atoms with Gasteiger partial charge in [0.1, 0.15) is 0 Å². The van der Waals surface area contributed by atoms with Crippen molar-refractivity contribution < 1.29 is 0 Å². The lowest BCUT2D eigenvalue weighted by molar-refractivity contribution is 0.270. The van der Waals surface area contributed by atoms with Crippen LogP contribution >= 0.6 is 0 Å². The van der Waals surface area contributed by atoms with Gasteiger partial charge in [-0.1, -0.05) is 27.7 Å². The Morgan fingerprint density at radius 3 is 2.68 bits per heavy atom. The highest BCUT2D eigenvalue weighted by molar-refractivity contribution is 5.98. The SMILES string of the molecule is CC(C)C(C)(C)CNc1ccc(N)c2cccnc12. The minimum atomic E-state index is 0.239. The Morgan fingerprint density at radius 1 is 1.26 bits per heavy atom. The molecule has 0 fully saturated rings. The van der Waals surface area contributed by atoms with Gasteiger partial charge in [0.15, 0.2) is 0 Å². The molecule has 0 atom stereocenters. The maximum atomic E-state index is 5.99. The summed E-state index contributed by atoms with van der Waals surface area (Å²) in [7, 11) is 0. The molecule has 0 aliphatic rings. The first-order valence-electron chi connectivity index (χ1n) is 6.79. The predicted octanol–water partition coefficient (Wildman–Crippen LogP) is 3.91. The van der Waals surface area contributed by atoms with Crippen LogP contribution < -0.4 is 11.1 Å². The molecule has 0 saturated heterocycles. The lowest BCUT2D eigenvalue weighted by Gasteiger charge is -2.30. The molecule has 0 amide bonds. The zero-order valence-electron chi connectivity index (χ0n) is 12.2. The fraction of sp³-hybridized carbons (Fsp3) is 0.438. The fourth-order valence-electron chi connectivity index (χ4n) is 1.86. The van der Waals surface area contributed by atoms with E-state index in [-0.39, 0.29) is 5.41 Å². The summed E-state index contributed by atoms with van der Waals surface area (Å²) in [6.45, 7) is 9.97. The standard InChI is InChI=1S/C16H23N3/c1-11(2)16(3,4)10-19-14-8-7-13(17)12-6-5-9-18-15(12)14/h5-9,11,19H,10,17H2,1-4H3. The van der Waals surface area contributed by atoms with Crippen LogP contribution in [0.25, 0.3) is 10.9 Å². The van der Waals surface area contributed by atoms with Gasteiger partial charge in [-0.3, -0.25) is 4.98 Å². The predicted molar refractivity (Wildman–Crippen MR) is 83.3 cm³/mol. The number of rotatable bonds is 4. The molecule has 3 nitrogen and oxygen atoms in total. The van der Waals surface area contributed by atoms with Crippen LogP contribution in [0.2, 0.25) is 0 Å². The van der Waals surface area contributed by atoms with Gasteiger partial charge in [-0.2, -0.15) is 0 Å². The highest BCUT2D eigenvalue weighted by Gasteiger charge is 2.22. The van der Waals surface area contributed by atoms with Gasteiger partial charge in [0.25, 0.3) is 0 Å². The molecule has 3 heteroatoms. The lowest BCUT2D eigenvalue weighted by atomic mass is 9.81. The second-order valence-corrected chi connectivity index (χ2v) is 6.10. The third-order valence-electron chi connectivity index (χ3n) is 4.10. The molecule has 1 heterocycles. The normalized spacial score (nSPS) is 12.1. The van der Waals surface area contributed by atoms with Crippen molar-refractivity contribution in [1.82, 2.24) is 4.98 Å². The number of aromatic nitrogens is 1. The van der Waals surface area contributed by atoms with E-state index in [1.807, 2.05) is 24.3 Å². The third-order valence-corrected chi connectivity index (χ3v) is 4.10. The van der Waals surface area contributed by atoms with Crippen LogP contribution in [0.5, 0.6) is 0 Å². The number of anilines is 2. The quantitative estimate of drug-likeness (QED) is 0.816. The maximum Gasteiger partial charge on any atom is 0.0953 e. The first-order chi connectivity index (χ1) is 8.92. The van der Waals surface area contributed by atoms with Crippen LogP contribution in [0.15, 0.2) is 30.5 Å². The van der Waals surface area contributed by atoms with Gasteiger partial charge in [0, 0.05) is 23.8 Å². The van der Waals surface area contributed by atoms with Crippen molar-refractivity contribution in [3.63, 3.8) is 0 Å². The van der Waals surface area contributed by atoms with Crippen molar-refractivity contribution >= 4 is 22.3 Å². The van der Waals surface area contributed by atoms with Gasteiger partial charge in [-0.05, 0) is 35.6 Å². The zero-order valence-corrected chi connectivity index (χ0v) is 12.2. The summed E-state index contributed by atoms with van der Waals surface area (Å²) in [5, 5.41) is 4.53. The molecule has 0 aliphatic carbocycles. The number of pyridine rings is 1. The van der Waals surface area contributed by atoms with Crippen molar-refractivity contribution in [2.45, 2.75) is 27.7 Å². The number of nitrogens with two attached hydrogens (primary N) is 1. The molecule has 19 heavy (non-hydrogen) atoms. The number of hydrogen-bond donors (Lipinski definition) is 2. The molecule has 1 aromatic heterocycles. The first-order valence-corrected chi connectivity index (χ1v) is 6.79. The average Bonchev–Trinajstić information content (AvgIpc) is 2.38. The van der Waals surface area contributed by atoms with E-state index in [0.717, 1.165) is 28.8 Å². The number of fused-ring (bicyclic) bond motifs is 1. The van der Waals surface area contributed by atoms with Crippen LogP contribution in [0.1, 0.15) is 27.7 Å². The summed E-state index contributed by atoms with van der Waals surface area (Å²) in [6, 6.07) is 7.88. The van der Waals surface area contributed by atoms with Gasteiger partial charge in [0.05, 0.1) is 11.2 Å². The van der Waals surface area contributed by atoms with Crippen molar-refractivity contribution in [1.29, 1.82) is 0 Å². The highest BCUT2D eigenvalue weighted by atomic mass is 14.9. The largest absolute Gasteiger partial charge is 0.398 e. The minimum Gasteiger partial charge on any atom is -0.398 e. The Kier molecular flexibility index (Phi) is 3.65. The Balaban J connectivity index is 2.29. The van der Waals surface area contributed by atoms with Crippen LogP contribution in [0, 0.1) is 11.3 Å². The van der Waals surface area contributed by atoms with Crippen molar-refractivity contribution in [2.75, 3.05) is 17.6 Å². The molecular formula is C16H23N3. The Labute approximate surface area is 115 Å². The second-order valence-electron chi connectivity index (χ2n) is 6.10. The van der Waals surface area contributed by atoms with E-state index in [2.05, 4.69) is 38.0 Å². The molecule has 0 aliphatic heterocycles. The molecule has 0 saturated carbocycles. The van der Waals surface area contributed by atoms with Gasteiger partial charge < -0.3 is 11.1 Å². The summed E-state index contributed by atoms with van der Waals surface area (Å²) in [6.07, 6.45) is 1.81. The van der Waals surface area contributed by atoms with Crippen molar-refractivity contribution in [3.05, 3.63) is 30.5 Å². The molecular weight excluding hydrogens is 234 g/mol. The number of nitrogens with one attached hydrogen (secondary N) is 1. The third kappa shape index (κ3) is 2.80. The van der Waals surface area contributed by atoms with E-state index in [0.29, 0.717) is 5.92 Å². The lowest BCUT2D eigenvalue weighted by Crippen LogP contribution is -2.28. The number of nitrogen functional groups attached to an aromatic ring is 1. The van der Waals surface area contributed by atoms with Gasteiger partial charge >= 0.3 is 0 Å². The Morgan fingerprint density at radius 2 is 2.00 bits per heavy atom. The molecule has 2 rings (SSSR count). The monoisotopic (exact) mass is 257 g/mol. The first kappa shape index (κ1) is 13.7. The van der Waals surface area contributed by atoms with E-state index in [1.165, 1.54) is 0 Å². The summed E-state index contributed by atoms with van der Waals surface area (Å²) < 4.78 is 0. The minimum absolute atomic E-state index is 0.239. The summed E-state index contributed by atoms with van der Waals surface area (Å²) in [5.41, 5.74) is 9.00. The summed E-state index contributed by atoms with van der Waals surface area (Å²) >= 11 is 0. The van der Waals surface area contributed by atoms with Crippen LogP contribution in [0.4, 0.5) is 11.4 Å². The number of nitrogens with zero attached hydrogens (tertiary/aromatic N) is 1.